The highest BCUT2D eigenvalue weighted by molar-refractivity contribution is 6.21. The molecule has 1 heterocycles. The molecule has 1 aliphatic rings. The number of aromatic nitrogens is 2. The third-order valence-corrected chi connectivity index (χ3v) is 10.8. The van der Waals surface area contributed by atoms with Crippen molar-refractivity contribution in [2.24, 2.45) is 0 Å². The molecule has 0 radical (unpaired) electrons. The molecule has 0 saturated carbocycles. The number of fused-ring (bicyclic) bond motifs is 7. The van der Waals surface area contributed by atoms with E-state index in [9.17, 15) is 0 Å². The minimum Gasteiger partial charge on any atom is -0.228 e. The van der Waals surface area contributed by atoms with Crippen molar-refractivity contribution in [3.8, 4) is 56.2 Å². The number of hydrogen-bond donors (Lipinski definition) is 0. The molecular weight excluding hydrogens is 617 g/mol. The van der Waals surface area contributed by atoms with Crippen molar-refractivity contribution >= 4 is 32.3 Å². The summed E-state index contributed by atoms with van der Waals surface area (Å²) in [5.41, 5.74) is 12.7. The van der Waals surface area contributed by atoms with Gasteiger partial charge in [-0.15, -0.1) is 0 Å². The summed E-state index contributed by atoms with van der Waals surface area (Å²) < 4.78 is 0. The zero-order valence-electron chi connectivity index (χ0n) is 28.6. The second-order valence-electron chi connectivity index (χ2n) is 14.1. The van der Waals surface area contributed by atoms with E-state index >= 15 is 0 Å². The Bertz CT molecular complexity index is 2830. The molecule has 2 nitrogen and oxygen atoms in total. The van der Waals surface area contributed by atoms with E-state index in [0.29, 0.717) is 0 Å². The van der Waals surface area contributed by atoms with Crippen molar-refractivity contribution in [3.63, 3.8) is 0 Å². The molecule has 9 aromatic rings. The van der Waals surface area contributed by atoms with Gasteiger partial charge >= 0.3 is 0 Å². The first kappa shape index (κ1) is 29.5. The Kier molecular flexibility index (Phi) is 6.56. The van der Waals surface area contributed by atoms with Crippen LogP contribution in [0.4, 0.5) is 0 Å². The number of rotatable bonds is 4. The zero-order chi connectivity index (χ0) is 34.1. The summed E-state index contributed by atoms with van der Waals surface area (Å²) in [4.78, 5) is 11.0. The van der Waals surface area contributed by atoms with Crippen molar-refractivity contribution in [2.75, 3.05) is 0 Å². The van der Waals surface area contributed by atoms with Gasteiger partial charge in [0.1, 0.15) is 0 Å². The lowest BCUT2D eigenvalue weighted by Crippen LogP contribution is -2.16. The molecule has 0 unspecified atom stereocenters. The fraction of sp³-hybridized carbons (Fsp3) is 0.0612. The van der Waals surface area contributed by atoms with Crippen LogP contribution in [0, 0.1) is 0 Å². The molecule has 0 spiro atoms. The van der Waals surface area contributed by atoms with Gasteiger partial charge in [-0.3, -0.25) is 0 Å². The van der Waals surface area contributed by atoms with Gasteiger partial charge in [0.05, 0.1) is 11.4 Å². The summed E-state index contributed by atoms with van der Waals surface area (Å²) in [7, 11) is 0. The van der Waals surface area contributed by atoms with Crippen molar-refractivity contribution in [1.82, 2.24) is 9.97 Å². The first-order chi connectivity index (χ1) is 25.1. The van der Waals surface area contributed by atoms with Crippen LogP contribution in [-0.2, 0) is 5.41 Å². The van der Waals surface area contributed by atoms with Gasteiger partial charge in [0.2, 0.25) is 0 Å². The van der Waals surface area contributed by atoms with E-state index in [1.807, 2.05) is 0 Å². The molecule has 51 heavy (non-hydrogen) atoms. The lowest BCUT2D eigenvalue weighted by Gasteiger charge is -2.25. The molecule has 2 heteroatoms. The normalized spacial score (nSPS) is 13.1. The molecule has 0 atom stereocenters. The lowest BCUT2D eigenvalue weighted by molar-refractivity contribution is 0.662. The van der Waals surface area contributed by atoms with Crippen LogP contribution < -0.4 is 0 Å². The maximum atomic E-state index is 5.55. The molecule has 0 fully saturated rings. The van der Waals surface area contributed by atoms with Crippen LogP contribution in [0.15, 0.2) is 170 Å². The molecule has 8 aromatic carbocycles. The van der Waals surface area contributed by atoms with Crippen LogP contribution in [0.25, 0.3) is 88.5 Å². The maximum absolute atomic E-state index is 5.55. The molecule has 1 aromatic heterocycles. The highest BCUT2D eigenvalue weighted by Gasteiger charge is 2.37. The van der Waals surface area contributed by atoms with E-state index < -0.39 is 0 Å². The highest BCUT2D eigenvalue weighted by Crippen LogP contribution is 2.53. The predicted octanol–water partition coefficient (Wildman–Crippen LogP) is 12.9. The Labute approximate surface area is 297 Å². The third kappa shape index (κ3) is 4.57. The smallest absolute Gasteiger partial charge is 0.161 e. The average Bonchev–Trinajstić information content (AvgIpc) is 3.43. The molecule has 1 aliphatic carbocycles. The molecule has 0 N–H and O–H groups in total. The van der Waals surface area contributed by atoms with Gasteiger partial charge in [-0.2, -0.15) is 0 Å². The standard InChI is InChI=1S/C49H34N2/c1-49(2)42-26-13-12-22-38(42)41-25-14-24-40(47(41)49)37-21-10-11-23-39(37)44-30-43(32-16-4-3-5-17-32)50-48(51-44)46-36-20-9-7-18-33(36)29-34-28-27-31-15-6-8-19-35(31)45(34)46/h3-30H,1-2H3. The van der Waals surface area contributed by atoms with Crippen LogP contribution >= 0.6 is 0 Å². The van der Waals surface area contributed by atoms with E-state index in [-0.39, 0.29) is 5.41 Å². The zero-order valence-corrected chi connectivity index (χ0v) is 28.6. The van der Waals surface area contributed by atoms with E-state index in [1.54, 1.807) is 0 Å². The quantitative estimate of drug-likeness (QED) is 0.140. The molecule has 0 amide bonds. The molecule has 0 saturated heterocycles. The number of hydrogen-bond acceptors (Lipinski definition) is 2. The van der Waals surface area contributed by atoms with E-state index in [4.69, 9.17) is 9.97 Å². The molecule has 0 bridgehead atoms. The van der Waals surface area contributed by atoms with Crippen LogP contribution in [0.1, 0.15) is 25.0 Å². The predicted molar refractivity (Wildman–Crippen MR) is 214 cm³/mol. The van der Waals surface area contributed by atoms with Crippen molar-refractivity contribution in [1.29, 1.82) is 0 Å². The summed E-state index contributed by atoms with van der Waals surface area (Å²) in [6, 6.07) is 61.1. The lowest BCUT2D eigenvalue weighted by atomic mass is 9.78. The summed E-state index contributed by atoms with van der Waals surface area (Å²) in [5.74, 6) is 0.727. The van der Waals surface area contributed by atoms with Crippen molar-refractivity contribution in [3.05, 3.63) is 181 Å². The summed E-state index contributed by atoms with van der Waals surface area (Å²) in [6.07, 6.45) is 0. The second kappa shape index (κ2) is 11.3. The van der Waals surface area contributed by atoms with Gasteiger partial charge < -0.3 is 0 Å². The molecular formula is C49H34N2. The Morgan fingerprint density at radius 3 is 1.82 bits per heavy atom. The minimum absolute atomic E-state index is 0.148. The van der Waals surface area contributed by atoms with Crippen LogP contribution in [0.3, 0.4) is 0 Å². The Hall–Kier alpha value is -6.38. The maximum Gasteiger partial charge on any atom is 0.161 e. The van der Waals surface area contributed by atoms with E-state index in [2.05, 4.69) is 184 Å². The topological polar surface area (TPSA) is 25.8 Å². The van der Waals surface area contributed by atoms with Gasteiger partial charge in [0.25, 0.3) is 0 Å². The van der Waals surface area contributed by atoms with Crippen LogP contribution in [0.2, 0.25) is 0 Å². The largest absolute Gasteiger partial charge is 0.228 e. The minimum atomic E-state index is -0.148. The van der Waals surface area contributed by atoms with Gasteiger partial charge in [0, 0.05) is 27.5 Å². The first-order valence-electron chi connectivity index (χ1n) is 17.7. The van der Waals surface area contributed by atoms with Crippen LogP contribution in [0.5, 0.6) is 0 Å². The molecule has 0 aliphatic heterocycles. The van der Waals surface area contributed by atoms with Gasteiger partial charge in [-0.25, -0.2) is 9.97 Å². The second-order valence-corrected chi connectivity index (χ2v) is 14.1. The summed E-state index contributed by atoms with van der Waals surface area (Å²) >= 11 is 0. The van der Waals surface area contributed by atoms with Gasteiger partial charge in [-0.1, -0.05) is 172 Å². The van der Waals surface area contributed by atoms with E-state index in [1.165, 1.54) is 60.3 Å². The Morgan fingerprint density at radius 2 is 1.00 bits per heavy atom. The SMILES string of the molecule is CC1(C)c2ccccc2-c2cccc(-c3ccccc3-c3cc(-c4ccccc4)nc(-c4c5ccccc5cc5ccc6ccccc6c45)n3)c21. The fourth-order valence-electron chi connectivity index (χ4n) is 8.54. The van der Waals surface area contributed by atoms with E-state index in [0.717, 1.165) is 39.3 Å². The van der Waals surface area contributed by atoms with Crippen LogP contribution in [-0.4, -0.2) is 9.97 Å². The Morgan fingerprint density at radius 1 is 0.412 bits per heavy atom. The summed E-state index contributed by atoms with van der Waals surface area (Å²) in [5, 5.41) is 7.08. The Balaban J connectivity index is 1.28. The monoisotopic (exact) mass is 650 g/mol. The third-order valence-electron chi connectivity index (χ3n) is 10.8. The highest BCUT2D eigenvalue weighted by atomic mass is 14.9. The average molecular weight is 651 g/mol. The van der Waals surface area contributed by atoms with Gasteiger partial charge in [-0.05, 0) is 72.4 Å². The number of nitrogens with zero attached hydrogens (tertiary/aromatic N) is 2. The first-order valence-corrected chi connectivity index (χ1v) is 17.7. The van der Waals surface area contributed by atoms with Crippen molar-refractivity contribution < 1.29 is 0 Å². The van der Waals surface area contributed by atoms with Crippen molar-refractivity contribution in [2.45, 2.75) is 19.3 Å². The molecule has 240 valence electrons. The fourth-order valence-corrected chi connectivity index (χ4v) is 8.54. The molecule has 10 rings (SSSR count). The summed E-state index contributed by atoms with van der Waals surface area (Å²) in [6.45, 7) is 4.71. The van der Waals surface area contributed by atoms with Gasteiger partial charge in [0.15, 0.2) is 5.82 Å². The number of benzene rings is 8.